The van der Waals surface area contributed by atoms with E-state index in [1.54, 1.807) is 6.07 Å². The van der Waals surface area contributed by atoms with Crippen LogP contribution in [0.5, 0.6) is 11.5 Å². The standard InChI is InChI=1S/C18H15NO4/c1-11-2-4-12(5-3-11)16-9-14(23-19-16)10-18(22)15-7-6-13(20)8-17(15)21/h2-9,20-21H,10H2,1H3. The van der Waals surface area contributed by atoms with Crippen LogP contribution in [0.15, 0.2) is 53.1 Å². The highest BCUT2D eigenvalue weighted by Gasteiger charge is 2.16. The molecule has 0 bridgehead atoms. The molecule has 116 valence electrons. The predicted molar refractivity (Wildman–Crippen MR) is 84.5 cm³/mol. The first kappa shape index (κ1) is 14.8. The molecule has 0 saturated heterocycles. The Hall–Kier alpha value is -3.08. The molecular formula is C18H15NO4. The second kappa shape index (κ2) is 5.96. The van der Waals surface area contributed by atoms with Crippen LogP contribution in [0.4, 0.5) is 0 Å². The molecule has 5 heteroatoms. The van der Waals surface area contributed by atoms with Gasteiger partial charge in [0.25, 0.3) is 0 Å². The first-order valence-electron chi connectivity index (χ1n) is 7.11. The molecule has 5 nitrogen and oxygen atoms in total. The largest absolute Gasteiger partial charge is 0.508 e. The first-order valence-corrected chi connectivity index (χ1v) is 7.11. The maximum atomic E-state index is 12.2. The van der Waals surface area contributed by atoms with Crippen LogP contribution in [-0.4, -0.2) is 21.2 Å². The summed E-state index contributed by atoms with van der Waals surface area (Å²) in [7, 11) is 0. The average molecular weight is 309 g/mol. The second-order valence-electron chi connectivity index (χ2n) is 5.35. The normalized spacial score (nSPS) is 10.7. The van der Waals surface area contributed by atoms with Crippen molar-refractivity contribution in [3.05, 3.63) is 65.4 Å². The summed E-state index contributed by atoms with van der Waals surface area (Å²) in [4.78, 5) is 12.2. The zero-order valence-corrected chi connectivity index (χ0v) is 12.5. The lowest BCUT2D eigenvalue weighted by atomic mass is 10.0. The molecular weight excluding hydrogens is 294 g/mol. The van der Waals surface area contributed by atoms with E-state index in [9.17, 15) is 15.0 Å². The number of rotatable bonds is 4. The number of Topliss-reactive ketones (excluding diaryl/α,β-unsaturated/α-hetero) is 1. The van der Waals surface area contributed by atoms with Gasteiger partial charge in [0.1, 0.15) is 23.0 Å². The molecule has 1 heterocycles. The molecule has 0 amide bonds. The Bertz CT molecular complexity index is 850. The van der Waals surface area contributed by atoms with Gasteiger partial charge in [0.05, 0.1) is 12.0 Å². The fraction of sp³-hybridized carbons (Fsp3) is 0.111. The Balaban J connectivity index is 1.78. The van der Waals surface area contributed by atoms with Gasteiger partial charge in [0.2, 0.25) is 0 Å². The fourth-order valence-electron chi connectivity index (χ4n) is 2.27. The number of hydrogen-bond donors (Lipinski definition) is 2. The van der Waals surface area contributed by atoms with Crippen LogP contribution in [0, 0.1) is 6.92 Å². The van der Waals surface area contributed by atoms with Crippen LogP contribution in [0.2, 0.25) is 0 Å². The average Bonchev–Trinajstić information content (AvgIpc) is 2.96. The van der Waals surface area contributed by atoms with Crippen molar-refractivity contribution in [1.82, 2.24) is 5.16 Å². The third-order valence-electron chi connectivity index (χ3n) is 3.52. The minimum Gasteiger partial charge on any atom is -0.508 e. The first-order chi connectivity index (χ1) is 11.0. The van der Waals surface area contributed by atoms with Gasteiger partial charge in [-0.15, -0.1) is 0 Å². The topological polar surface area (TPSA) is 83.6 Å². The summed E-state index contributed by atoms with van der Waals surface area (Å²) >= 11 is 0. The zero-order chi connectivity index (χ0) is 16.4. The molecule has 0 aliphatic carbocycles. The lowest BCUT2D eigenvalue weighted by molar-refractivity contribution is 0.0982. The van der Waals surface area contributed by atoms with Crippen molar-refractivity contribution >= 4 is 5.78 Å². The van der Waals surface area contributed by atoms with E-state index in [1.165, 1.54) is 12.1 Å². The molecule has 0 saturated carbocycles. The van der Waals surface area contributed by atoms with E-state index in [-0.39, 0.29) is 29.3 Å². The van der Waals surface area contributed by atoms with Crippen molar-refractivity contribution in [1.29, 1.82) is 0 Å². The number of aromatic nitrogens is 1. The Labute approximate surface area is 132 Å². The lowest BCUT2D eigenvalue weighted by Crippen LogP contribution is -2.02. The van der Waals surface area contributed by atoms with Gasteiger partial charge in [-0.05, 0) is 19.1 Å². The number of nitrogens with zero attached hydrogens (tertiary/aromatic N) is 1. The van der Waals surface area contributed by atoms with E-state index in [2.05, 4.69) is 5.16 Å². The van der Waals surface area contributed by atoms with Gasteiger partial charge in [-0.1, -0.05) is 35.0 Å². The highest BCUT2D eigenvalue weighted by Crippen LogP contribution is 2.25. The monoisotopic (exact) mass is 309 g/mol. The third-order valence-corrected chi connectivity index (χ3v) is 3.52. The van der Waals surface area contributed by atoms with E-state index >= 15 is 0 Å². The van der Waals surface area contributed by atoms with E-state index in [0.29, 0.717) is 11.5 Å². The number of aryl methyl sites for hydroxylation is 1. The summed E-state index contributed by atoms with van der Waals surface area (Å²) in [5.74, 6) is -0.249. The van der Waals surface area contributed by atoms with Gasteiger partial charge in [-0.25, -0.2) is 0 Å². The molecule has 3 aromatic rings. The lowest BCUT2D eigenvalue weighted by Gasteiger charge is -2.02. The number of ketones is 1. The molecule has 0 aliphatic heterocycles. The minimum absolute atomic E-state index is 0.0167. The van der Waals surface area contributed by atoms with E-state index in [4.69, 9.17) is 4.52 Å². The predicted octanol–water partition coefficient (Wildman–Crippen LogP) is 3.49. The Morgan fingerprint density at radius 3 is 2.52 bits per heavy atom. The van der Waals surface area contributed by atoms with Crippen LogP contribution < -0.4 is 0 Å². The van der Waals surface area contributed by atoms with Crippen molar-refractivity contribution in [2.24, 2.45) is 0 Å². The van der Waals surface area contributed by atoms with E-state index in [1.807, 2.05) is 31.2 Å². The van der Waals surface area contributed by atoms with Crippen LogP contribution >= 0.6 is 0 Å². The number of hydrogen-bond acceptors (Lipinski definition) is 5. The molecule has 2 N–H and O–H groups in total. The Morgan fingerprint density at radius 2 is 1.83 bits per heavy atom. The van der Waals surface area contributed by atoms with Crippen LogP contribution in [0.25, 0.3) is 11.3 Å². The van der Waals surface area contributed by atoms with Crippen LogP contribution in [-0.2, 0) is 6.42 Å². The number of aromatic hydroxyl groups is 2. The number of carbonyl (C=O) groups is 1. The highest BCUT2D eigenvalue weighted by molar-refractivity contribution is 5.99. The summed E-state index contributed by atoms with van der Waals surface area (Å²) in [5, 5.41) is 22.9. The maximum Gasteiger partial charge on any atom is 0.174 e. The van der Waals surface area contributed by atoms with Crippen LogP contribution in [0.1, 0.15) is 21.7 Å². The van der Waals surface area contributed by atoms with Crippen molar-refractivity contribution in [3.63, 3.8) is 0 Å². The van der Waals surface area contributed by atoms with Crippen molar-refractivity contribution in [2.75, 3.05) is 0 Å². The quantitative estimate of drug-likeness (QED) is 0.721. The van der Waals surface area contributed by atoms with Gasteiger partial charge < -0.3 is 14.7 Å². The Morgan fingerprint density at radius 1 is 1.09 bits per heavy atom. The van der Waals surface area contributed by atoms with Crippen LogP contribution in [0.3, 0.4) is 0 Å². The SMILES string of the molecule is Cc1ccc(-c2cc(CC(=O)c3ccc(O)cc3O)on2)cc1. The molecule has 3 rings (SSSR count). The van der Waals surface area contributed by atoms with Crippen molar-refractivity contribution in [3.8, 4) is 22.8 Å². The maximum absolute atomic E-state index is 12.2. The van der Waals surface area contributed by atoms with E-state index < -0.39 is 0 Å². The highest BCUT2D eigenvalue weighted by atomic mass is 16.5. The molecule has 23 heavy (non-hydrogen) atoms. The van der Waals surface area contributed by atoms with Gasteiger partial charge in [-0.2, -0.15) is 0 Å². The van der Waals surface area contributed by atoms with Gasteiger partial charge >= 0.3 is 0 Å². The zero-order valence-electron chi connectivity index (χ0n) is 12.5. The molecule has 1 aromatic heterocycles. The number of carbonyl (C=O) groups excluding carboxylic acids is 1. The van der Waals surface area contributed by atoms with Crippen molar-refractivity contribution < 1.29 is 19.5 Å². The molecule has 0 spiro atoms. The molecule has 0 fully saturated rings. The van der Waals surface area contributed by atoms with Gasteiger partial charge in [0.15, 0.2) is 5.78 Å². The Kier molecular flexibility index (Phi) is 3.85. The summed E-state index contributed by atoms with van der Waals surface area (Å²) in [5.41, 5.74) is 2.85. The smallest absolute Gasteiger partial charge is 0.174 e. The number of phenols is 2. The number of phenolic OH excluding ortho intramolecular Hbond substituents is 2. The fourth-order valence-corrected chi connectivity index (χ4v) is 2.27. The summed E-state index contributed by atoms with van der Waals surface area (Å²) in [6.45, 7) is 2.00. The molecule has 0 atom stereocenters. The third kappa shape index (κ3) is 3.23. The molecule has 0 aliphatic rings. The summed E-state index contributed by atoms with van der Waals surface area (Å²) in [6, 6.07) is 13.4. The minimum atomic E-state index is -0.311. The van der Waals surface area contributed by atoms with E-state index in [0.717, 1.165) is 17.2 Å². The second-order valence-corrected chi connectivity index (χ2v) is 5.35. The van der Waals surface area contributed by atoms with Crippen molar-refractivity contribution in [2.45, 2.75) is 13.3 Å². The summed E-state index contributed by atoms with van der Waals surface area (Å²) < 4.78 is 5.20. The van der Waals surface area contributed by atoms with Gasteiger partial charge in [0, 0.05) is 17.7 Å². The number of benzene rings is 2. The summed E-state index contributed by atoms with van der Waals surface area (Å²) in [6.07, 6.45) is -0.0167. The van der Waals surface area contributed by atoms with Gasteiger partial charge in [-0.3, -0.25) is 4.79 Å². The molecule has 0 unspecified atom stereocenters. The molecule has 2 aromatic carbocycles. The molecule has 0 radical (unpaired) electrons.